The van der Waals surface area contributed by atoms with Crippen LogP contribution in [0.2, 0.25) is 0 Å². The number of thioether (sulfide) groups is 1. The SMILES string of the molecule is O=C(COC(=O)CSc1nnc(-c2ccc(F)cc2)n1-c1ccccc1)NCC1CCCO1. The van der Waals surface area contributed by atoms with Crippen molar-refractivity contribution in [2.24, 2.45) is 0 Å². The molecule has 0 spiro atoms. The van der Waals surface area contributed by atoms with E-state index >= 15 is 0 Å². The molecule has 1 amide bonds. The van der Waals surface area contributed by atoms with Gasteiger partial charge in [0.15, 0.2) is 17.6 Å². The number of benzene rings is 2. The van der Waals surface area contributed by atoms with E-state index in [2.05, 4.69) is 15.5 Å². The number of nitrogens with one attached hydrogen (secondary N) is 1. The van der Waals surface area contributed by atoms with Gasteiger partial charge in [-0.2, -0.15) is 0 Å². The van der Waals surface area contributed by atoms with Crippen LogP contribution >= 0.6 is 11.8 Å². The largest absolute Gasteiger partial charge is 0.455 e. The maximum absolute atomic E-state index is 13.4. The van der Waals surface area contributed by atoms with Gasteiger partial charge in [0.05, 0.1) is 11.9 Å². The number of ether oxygens (including phenoxy) is 2. The van der Waals surface area contributed by atoms with Gasteiger partial charge in [-0.1, -0.05) is 30.0 Å². The molecule has 10 heteroatoms. The van der Waals surface area contributed by atoms with Crippen LogP contribution < -0.4 is 5.32 Å². The molecule has 1 saturated heterocycles. The fourth-order valence-corrected chi connectivity index (χ4v) is 4.10. The van der Waals surface area contributed by atoms with E-state index in [0.29, 0.717) is 29.7 Å². The Morgan fingerprint density at radius 1 is 1.15 bits per heavy atom. The van der Waals surface area contributed by atoms with E-state index in [1.165, 1.54) is 12.1 Å². The zero-order chi connectivity index (χ0) is 23.0. The number of esters is 1. The van der Waals surface area contributed by atoms with Crippen molar-refractivity contribution in [1.29, 1.82) is 0 Å². The molecule has 1 unspecified atom stereocenters. The van der Waals surface area contributed by atoms with E-state index < -0.39 is 5.97 Å². The Bertz CT molecular complexity index is 1090. The predicted octanol–water partition coefficient (Wildman–Crippen LogP) is 3.00. The van der Waals surface area contributed by atoms with Crippen LogP contribution in [0.25, 0.3) is 17.1 Å². The Kier molecular flexibility index (Phi) is 7.69. The van der Waals surface area contributed by atoms with Gasteiger partial charge in [-0.3, -0.25) is 14.2 Å². The lowest BCUT2D eigenvalue weighted by Gasteiger charge is -2.11. The lowest BCUT2D eigenvalue weighted by Crippen LogP contribution is -2.35. The molecule has 2 heterocycles. The highest BCUT2D eigenvalue weighted by Gasteiger charge is 2.19. The molecule has 1 aliphatic heterocycles. The molecule has 1 atom stereocenters. The number of aromatic nitrogens is 3. The Morgan fingerprint density at radius 3 is 2.67 bits per heavy atom. The van der Waals surface area contributed by atoms with Crippen molar-refractivity contribution in [2.75, 3.05) is 25.5 Å². The quantitative estimate of drug-likeness (QED) is 0.379. The second-order valence-electron chi connectivity index (χ2n) is 7.37. The molecule has 3 aromatic rings. The standard InChI is InChI=1S/C23H23FN4O4S/c24-17-10-8-16(9-11-17)22-26-27-23(28(22)18-5-2-1-3-6-18)33-15-21(30)32-14-20(29)25-13-19-7-4-12-31-19/h1-3,5-6,8-11,19H,4,7,12-15H2,(H,25,29). The predicted molar refractivity (Wildman–Crippen MR) is 120 cm³/mol. The first-order chi connectivity index (χ1) is 16.1. The maximum atomic E-state index is 13.4. The number of amides is 1. The topological polar surface area (TPSA) is 95.3 Å². The molecular weight excluding hydrogens is 447 g/mol. The molecule has 0 radical (unpaired) electrons. The Labute approximate surface area is 194 Å². The molecule has 172 valence electrons. The number of carbonyl (C=O) groups is 2. The molecule has 1 aromatic heterocycles. The van der Waals surface area contributed by atoms with E-state index in [0.717, 1.165) is 30.3 Å². The third-order valence-corrected chi connectivity index (χ3v) is 5.89. The molecule has 4 rings (SSSR count). The van der Waals surface area contributed by atoms with Crippen molar-refractivity contribution in [1.82, 2.24) is 20.1 Å². The third kappa shape index (κ3) is 6.17. The van der Waals surface area contributed by atoms with Gasteiger partial charge in [0, 0.05) is 24.4 Å². The van der Waals surface area contributed by atoms with Crippen LogP contribution in [0.4, 0.5) is 4.39 Å². The Balaban J connectivity index is 1.37. The van der Waals surface area contributed by atoms with Crippen molar-refractivity contribution in [2.45, 2.75) is 24.1 Å². The Hall–Kier alpha value is -3.24. The molecule has 8 nitrogen and oxygen atoms in total. The number of carbonyl (C=O) groups excluding carboxylic acids is 2. The molecule has 1 N–H and O–H groups in total. The molecule has 1 aliphatic rings. The van der Waals surface area contributed by atoms with E-state index in [-0.39, 0.29) is 30.2 Å². The van der Waals surface area contributed by atoms with Crippen molar-refractivity contribution < 1.29 is 23.5 Å². The summed E-state index contributed by atoms with van der Waals surface area (Å²) in [7, 11) is 0. The summed E-state index contributed by atoms with van der Waals surface area (Å²) in [6, 6.07) is 15.4. The minimum Gasteiger partial charge on any atom is -0.455 e. The van der Waals surface area contributed by atoms with Crippen LogP contribution in [-0.2, 0) is 19.1 Å². The summed E-state index contributed by atoms with van der Waals surface area (Å²) in [5, 5.41) is 11.6. The molecular formula is C23H23FN4O4S. The van der Waals surface area contributed by atoms with Crippen LogP contribution in [0.5, 0.6) is 0 Å². The van der Waals surface area contributed by atoms with Crippen molar-refractivity contribution in [3.63, 3.8) is 0 Å². The summed E-state index contributed by atoms with van der Waals surface area (Å²) < 4.78 is 25.7. The van der Waals surface area contributed by atoms with Gasteiger partial charge >= 0.3 is 5.97 Å². The fraction of sp³-hybridized carbons (Fsp3) is 0.304. The molecule has 2 aromatic carbocycles. The van der Waals surface area contributed by atoms with Gasteiger partial charge in [0.25, 0.3) is 5.91 Å². The first kappa shape index (κ1) is 22.9. The lowest BCUT2D eigenvalue weighted by atomic mass is 10.2. The smallest absolute Gasteiger partial charge is 0.316 e. The van der Waals surface area contributed by atoms with Gasteiger partial charge in [0.1, 0.15) is 5.82 Å². The molecule has 0 saturated carbocycles. The zero-order valence-electron chi connectivity index (χ0n) is 17.8. The van der Waals surface area contributed by atoms with Crippen molar-refractivity contribution >= 4 is 23.6 Å². The summed E-state index contributed by atoms with van der Waals surface area (Å²) in [4.78, 5) is 24.1. The number of nitrogens with zero attached hydrogens (tertiary/aromatic N) is 3. The van der Waals surface area contributed by atoms with E-state index in [4.69, 9.17) is 9.47 Å². The summed E-state index contributed by atoms with van der Waals surface area (Å²) in [6.45, 7) is 0.777. The Morgan fingerprint density at radius 2 is 1.94 bits per heavy atom. The number of rotatable bonds is 9. The summed E-state index contributed by atoms with van der Waals surface area (Å²) in [5.41, 5.74) is 1.48. The van der Waals surface area contributed by atoms with E-state index in [9.17, 15) is 14.0 Å². The number of hydrogen-bond donors (Lipinski definition) is 1. The monoisotopic (exact) mass is 470 g/mol. The van der Waals surface area contributed by atoms with Crippen LogP contribution in [-0.4, -0.2) is 58.3 Å². The maximum Gasteiger partial charge on any atom is 0.316 e. The molecule has 0 bridgehead atoms. The highest BCUT2D eigenvalue weighted by Crippen LogP contribution is 2.28. The van der Waals surface area contributed by atoms with Gasteiger partial charge in [-0.15, -0.1) is 10.2 Å². The lowest BCUT2D eigenvalue weighted by molar-refractivity contribution is -0.146. The van der Waals surface area contributed by atoms with Gasteiger partial charge in [0.2, 0.25) is 0 Å². The number of hydrogen-bond acceptors (Lipinski definition) is 7. The van der Waals surface area contributed by atoms with Gasteiger partial charge in [-0.25, -0.2) is 4.39 Å². The van der Waals surface area contributed by atoms with Crippen molar-refractivity contribution in [3.8, 4) is 17.1 Å². The van der Waals surface area contributed by atoms with Gasteiger partial charge < -0.3 is 14.8 Å². The van der Waals surface area contributed by atoms with E-state index in [1.807, 2.05) is 30.3 Å². The third-order valence-electron chi connectivity index (χ3n) is 4.98. The first-order valence-corrected chi connectivity index (χ1v) is 11.5. The van der Waals surface area contributed by atoms with E-state index in [1.54, 1.807) is 16.7 Å². The average Bonchev–Trinajstić information content (AvgIpc) is 3.51. The second kappa shape index (κ2) is 11.1. The minimum absolute atomic E-state index is 0.0276. The summed E-state index contributed by atoms with van der Waals surface area (Å²) in [6.07, 6.45) is 1.93. The first-order valence-electron chi connectivity index (χ1n) is 10.5. The highest BCUT2D eigenvalue weighted by atomic mass is 32.2. The normalized spacial score (nSPS) is 15.4. The summed E-state index contributed by atoms with van der Waals surface area (Å²) >= 11 is 1.14. The van der Waals surface area contributed by atoms with Crippen LogP contribution in [0.1, 0.15) is 12.8 Å². The fourth-order valence-electron chi connectivity index (χ4n) is 3.35. The molecule has 33 heavy (non-hydrogen) atoms. The van der Waals surface area contributed by atoms with Crippen LogP contribution in [0.15, 0.2) is 59.8 Å². The number of halogens is 1. The van der Waals surface area contributed by atoms with Crippen LogP contribution in [0.3, 0.4) is 0 Å². The second-order valence-corrected chi connectivity index (χ2v) is 8.31. The van der Waals surface area contributed by atoms with Crippen LogP contribution in [0, 0.1) is 5.82 Å². The number of para-hydroxylation sites is 1. The average molecular weight is 471 g/mol. The zero-order valence-corrected chi connectivity index (χ0v) is 18.6. The minimum atomic E-state index is -0.543. The summed E-state index contributed by atoms with van der Waals surface area (Å²) in [5.74, 6) is -0.784. The van der Waals surface area contributed by atoms with Gasteiger partial charge in [-0.05, 0) is 49.2 Å². The highest BCUT2D eigenvalue weighted by molar-refractivity contribution is 7.99. The van der Waals surface area contributed by atoms with Crippen molar-refractivity contribution in [3.05, 3.63) is 60.4 Å². The molecule has 0 aliphatic carbocycles. The molecule has 1 fully saturated rings.